The van der Waals surface area contributed by atoms with E-state index in [1.165, 1.54) is 37.1 Å². The highest BCUT2D eigenvalue weighted by atomic mass is 32.2. The first-order chi connectivity index (χ1) is 12.2. The van der Waals surface area contributed by atoms with Crippen LogP contribution in [0.25, 0.3) is 0 Å². The maximum absolute atomic E-state index is 12.5. The van der Waals surface area contributed by atoms with Gasteiger partial charge in [0.1, 0.15) is 0 Å². The zero-order valence-corrected chi connectivity index (χ0v) is 15.4. The number of carbonyl (C=O) groups excluding carboxylic acids is 1. The molecule has 0 aromatic heterocycles. The molecule has 0 radical (unpaired) electrons. The van der Waals surface area contributed by atoms with Crippen molar-refractivity contribution in [3.8, 4) is 11.5 Å². The zero-order chi connectivity index (χ0) is 19.3. The van der Waals surface area contributed by atoms with E-state index in [9.17, 15) is 18.0 Å². The van der Waals surface area contributed by atoms with E-state index in [0.717, 1.165) is 0 Å². The molecule has 0 bridgehead atoms. The van der Waals surface area contributed by atoms with Gasteiger partial charge in [-0.3, -0.25) is 9.59 Å². The second-order valence-electron chi connectivity index (χ2n) is 5.91. The normalized spacial score (nSPS) is 15.0. The molecule has 1 aliphatic rings. The molecule has 0 saturated carbocycles. The lowest BCUT2D eigenvalue weighted by atomic mass is 10.3. The molecule has 0 saturated heterocycles. The number of nitrogens with one attached hydrogen (secondary N) is 1. The summed E-state index contributed by atoms with van der Waals surface area (Å²) in [6.07, 6.45) is 0.479. The largest absolute Gasteiger partial charge is 0.490 e. The van der Waals surface area contributed by atoms with Crippen molar-refractivity contribution in [2.24, 2.45) is 0 Å². The van der Waals surface area contributed by atoms with Crippen molar-refractivity contribution >= 4 is 21.9 Å². The Hall–Kier alpha value is -2.33. The van der Waals surface area contributed by atoms with Crippen molar-refractivity contribution in [3.05, 3.63) is 18.2 Å². The van der Waals surface area contributed by atoms with Crippen LogP contribution in [-0.2, 0) is 19.6 Å². The Kier molecular flexibility index (Phi) is 6.43. The van der Waals surface area contributed by atoms with Gasteiger partial charge in [0.25, 0.3) is 0 Å². The van der Waals surface area contributed by atoms with Gasteiger partial charge in [0, 0.05) is 26.1 Å². The predicted octanol–water partition coefficient (Wildman–Crippen LogP) is 0.448. The van der Waals surface area contributed by atoms with Gasteiger partial charge in [0.2, 0.25) is 15.9 Å². The number of ether oxygens (including phenoxy) is 2. The van der Waals surface area contributed by atoms with Crippen LogP contribution in [-0.4, -0.2) is 63.1 Å². The molecule has 1 aliphatic heterocycles. The number of carboxylic acids is 1. The van der Waals surface area contributed by atoms with E-state index in [-0.39, 0.29) is 17.9 Å². The van der Waals surface area contributed by atoms with E-state index in [0.29, 0.717) is 31.1 Å². The lowest BCUT2D eigenvalue weighted by molar-refractivity contribution is -0.138. The maximum atomic E-state index is 12.5. The molecule has 1 heterocycles. The molecular weight excluding hydrogens is 364 g/mol. The molecule has 10 heteroatoms. The molecule has 1 amide bonds. The van der Waals surface area contributed by atoms with Crippen LogP contribution in [0.4, 0.5) is 0 Å². The summed E-state index contributed by atoms with van der Waals surface area (Å²) in [5.41, 5.74) is 0. The Morgan fingerprint density at radius 3 is 2.58 bits per heavy atom. The minimum atomic E-state index is -3.96. The number of hydrogen-bond donors (Lipinski definition) is 2. The Bertz CT molecular complexity index is 779. The molecule has 2 rings (SSSR count). The fourth-order valence-electron chi connectivity index (χ4n) is 2.37. The highest BCUT2D eigenvalue weighted by molar-refractivity contribution is 7.89. The van der Waals surface area contributed by atoms with Crippen molar-refractivity contribution in [2.75, 3.05) is 26.8 Å². The van der Waals surface area contributed by atoms with Gasteiger partial charge in [-0.05, 0) is 19.1 Å². The highest BCUT2D eigenvalue weighted by Gasteiger charge is 2.25. The average Bonchev–Trinajstić information content (AvgIpc) is 2.83. The SMILES string of the molecule is CC(NS(=O)(=O)c1ccc2c(c1)OCCCO2)C(=O)N(C)CCC(=O)O. The summed E-state index contributed by atoms with van der Waals surface area (Å²) in [5, 5.41) is 8.66. The highest BCUT2D eigenvalue weighted by Crippen LogP contribution is 2.31. The van der Waals surface area contributed by atoms with Gasteiger partial charge < -0.3 is 19.5 Å². The van der Waals surface area contributed by atoms with Crippen molar-refractivity contribution in [1.29, 1.82) is 0 Å². The van der Waals surface area contributed by atoms with Crippen LogP contribution in [0.15, 0.2) is 23.1 Å². The average molecular weight is 386 g/mol. The lowest BCUT2D eigenvalue weighted by Crippen LogP contribution is -2.45. The number of amides is 1. The van der Waals surface area contributed by atoms with Crippen LogP contribution >= 0.6 is 0 Å². The van der Waals surface area contributed by atoms with E-state index < -0.39 is 27.9 Å². The number of aliphatic carboxylic acids is 1. The molecule has 1 aromatic carbocycles. The Labute approximate surface area is 151 Å². The first kappa shape index (κ1) is 20.0. The van der Waals surface area contributed by atoms with Gasteiger partial charge in [0.15, 0.2) is 11.5 Å². The standard InChI is InChI=1S/C16H22N2O7S/c1-11(16(21)18(2)7-6-15(19)20)17-26(22,23)12-4-5-13-14(10-12)25-9-3-8-24-13/h4-5,10-11,17H,3,6-9H2,1-2H3,(H,19,20). The van der Waals surface area contributed by atoms with Crippen molar-refractivity contribution in [3.63, 3.8) is 0 Å². The smallest absolute Gasteiger partial charge is 0.305 e. The van der Waals surface area contributed by atoms with Crippen LogP contribution in [0, 0.1) is 0 Å². The number of likely N-dealkylation sites (N-methyl/N-ethyl adjacent to an activating group) is 1. The van der Waals surface area contributed by atoms with Crippen LogP contribution in [0.2, 0.25) is 0 Å². The molecule has 0 spiro atoms. The molecule has 1 atom stereocenters. The molecule has 2 N–H and O–H groups in total. The van der Waals surface area contributed by atoms with Gasteiger partial charge in [-0.2, -0.15) is 4.72 Å². The molecule has 9 nitrogen and oxygen atoms in total. The van der Waals surface area contributed by atoms with Crippen LogP contribution in [0.3, 0.4) is 0 Å². The van der Waals surface area contributed by atoms with E-state index in [1.807, 2.05) is 0 Å². The second kappa shape index (κ2) is 8.37. The topological polar surface area (TPSA) is 122 Å². The van der Waals surface area contributed by atoms with Gasteiger partial charge in [-0.15, -0.1) is 0 Å². The van der Waals surface area contributed by atoms with Crippen molar-refractivity contribution in [2.45, 2.75) is 30.7 Å². The molecule has 1 aromatic rings. The minimum absolute atomic E-state index is 0.00966. The van der Waals surface area contributed by atoms with Gasteiger partial charge in [0.05, 0.1) is 30.6 Å². The molecule has 0 fully saturated rings. The molecular formula is C16H22N2O7S. The first-order valence-electron chi connectivity index (χ1n) is 8.09. The van der Waals surface area contributed by atoms with Crippen molar-refractivity contribution in [1.82, 2.24) is 9.62 Å². The Morgan fingerprint density at radius 2 is 1.92 bits per heavy atom. The number of nitrogens with zero attached hydrogens (tertiary/aromatic N) is 1. The molecule has 26 heavy (non-hydrogen) atoms. The summed E-state index contributed by atoms with van der Waals surface area (Å²) in [4.78, 5) is 23.9. The molecule has 0 aliphatic carbocycles. The second-order valence-corrected chi connectivity index (χ2v) is 7.62. The summed E-state index contributed by atoms with van der Waals surface area (Å²) in [6.45, 7) is 2.31. The third kappa shape index (κ3) is 5.09. The third-order valence-corrected chi connectivity index (χ3v) is 5.31. The summed E-state index contributed by atoms with van der Waals surface area (Å²) < 4.78 is 38.3. The summed E-state index contributed by atoms with van der Waals surface area (Å²) >= 11 is 0. The van der Waals surface area contributed by atoms with Gasteiger partial charge in [-0.25, -0.2) is 8.42 Å². The number of sulfonamides is 1. The first-order valence-corrected chi connectivity index (χ1v) is 9.58. The summed E-state index contributed by atoms with van der Waals surface area (Å²) in [5.74, 6) is -0.754. The minimum Gasteiger partial charge on any atom is -0.490 e. The van der Waals surface area contributed by atoms with E-state index in [4.69, 9.17) is 14.6 Å². The van der Waals surface area contributed by atoms with E-state index >= 15 is 0 Å². The zero-order valence-electron chi connectivity index (χ0n) is 14.6. The monoisotopic (exact) mass is 386 g/mol. The fourth-order valence-corrected chi connectivity index (χ4v) is 3.58. The summed E-state index contributed by atoms with van der Waals surface area (Å²) in [7, 11) is -2.54. The number of rotatable bonds is 7. The number of fused-ring (bicyclic) bond motifs is 1. The van der Waals surface area contributed by atoms with E-state index in [1.54, 1.807) is 0 Å². The fraction of sp³-hybridized carbons (Fsp3) is 0.500. The van der Waals surface area contributed by atoms with Crippen LogP contribution < -0.4 is 14.2 Å². The predicted molar refractivity (Wildman–Crippen MR) is 91.7 cm³/mol. The number of carboxylic acid groups (broad SMARTS) is 1. The van der Waals surface area contributed by atoms with E-state index in [2.05, 4.69) is 4.72 Å². The molecule has 144 valence electrons. The lowest BCUT2D eigenvalue weighted by Gasteiger charge is -2.21. The van der Waals surface area contributed by atoms with Crippen LogP contribution in [0.5, 0.6) is 11.5 Å². The maximum Gasteiger partial charge on any atom is 0.305 e. The van der Waals surface area contributed by atoms with Gasteiger partial charge in [-0.1, -0.05) is 0 Å². The van der Waals surface area contributed by atoms with Crippen molar-refractivity contribution < 1.29 is 32.6 Å². The molecule has 1 unspecified atom stereocenters. The van der Waals surface area contributed by atoms with Gasteiger partial charge >= 0.3 is 5.97 Å². The quantitative estimate of drug-likeness (QED) is 0.697. The number of benzene rings is 1. The summed E-state index contributed by atoms with van der Waals surface area (Å²) in [6, 6.07) is 3.20. The Balaban J connectivity index is 2.09. The Morgan fingerprint density at radius 1 is 1.27 bits per heavy atom. The third-order valence-electron chi connectivity index (χ3n) is 3.77. The number of hydrogen-bond acceptors (Lipinski definition) is 6. The number of carbonyl (C=O) groups is 2. The van der Waals surface area contributed by atoms with Crippen LogP contribution in [0.1, 0.15) is 19.8 Å².